The first kappa shape index (κ1) is 13.9. The van der Waals surface area contributed by atoms with Gasteiger partial charge in [0.25, 0.3) is 5.91 Å². The minimum Gasteiger partial charge on any atom is -0.336 e. The summed E-state index contributed by atoms with van der Waals surface area (Å²) in [5.74, 6) is 0.780. The van der Waals surface area contributed by atoms with Crippen molar-refractivity contribution in [3.05, 3.63) is 33.3 Å². The summed E-state index contributed by atoms with van der Waals surface area (Å²) < 4.78 is 0.765. The van der Waals surface area contributed by atoms with Gasteiger partial charge in [0, 0.05) is 22.1 Å². The van der Waals surface area contributed by atoms with E-state index in [1.165, 1.54) is 12.8 Å². The lowest BCUT2D eigenvalue weighted by Gasteiger charge is -2.27. The maximum Gasteiger partial charge on any atom is 0.255 e. The summed E-state index contributed by atoms with van der Waals surface area (Å²) in [6, 6.07) is 5.54. The molecule has 2 nitrogen and oxygen atoms in total. The van der Waals surface area contributed by atoms with Gasteiger partial charge >= 0.3 is 0 Å². The number of hydrogen-bond donors (Lipinski definition) is 0. The van der Waals surface area contributed by atoms with Crippen molar-refractivity contribution in [3.8, 4) is 0 Å². The molecule has 1 saturated carbocycles. The molecule has 0 atom stereocenters. The van der Waals surface area contributed by atoms with Gasteiger partial charge in [0.2, 0.25) is 0 Å². The number of halogens is 2. The summed E-state index contributed by atoms with van der Waals surface area (Å²) in [5, 5.41) is 0.636. The van der Waals surface area contributed by atoms with E-state index in [2.05, 4.69) is 29.8 Å². The fraction of sp³-hybridized carbons (Fsp3) is 0.500. The highest BCUT2D eigenvalue weighted by molar-refractivity contribution is 9.10. The van der Waals surface area contributed by atoms with Crippen molar-refractivity contribution in [1.82, 2.24) is 4.90 Å². The van der Waals surface area contributed by atoms with Crippen LogP contribution in [-0.4, -0.2) is 23.4 Å². The Labute approximate surface area is 121 Å². The normalized spacial score (nSPS) is 14.9. The molecule has 1 amide bonds. The highest BCUT2D eigenvalue weighted by Crippen LogP contribution is 2.31. The summed E-state index contributed by atoms with van der Waals surface area (Å²) in [4.78, 5) is 14.5. The second-order valence-corrected chi connectivity index (χ2v) is 6.41. The third-order valence-corrected chi connectivity index (χ3v) is 4.09. The summed E-state index contributed by atoms with van der Waals surface area (Å²) in [7, 11) is 0. The average molecular weight is 331 g/mol. The fourth-order valence-electron chi connectivity index (χ4n) is 1.92. The van der Waals surface area contributed by atoms with Crippen LogP contribution < -0.4 is 0 Å². The second kappa shape index (κ2) is 5.62. The Bertz CT molecular complexity index is 457. The quantitative estimate of drug-likeness (QED) is 0.803. The maximum atomic E-state index is 12.5. The van der Waals surface area contributed by atoms with Gasteiger partial charge in [0.05, 0.1) is 5.56 Å². The van der Waals surface area contributed by atoms with Gasteiger partial charge in [-0.05, 0) is 66.7 Å². The van der Waals surface area contributed by atoms with Crippen molar-refractivity contribution in [2.45, 2.75) is 32.7 Å². The van der Waals surface area contributed by atoms with Crippen LogP contribution in [0.4, 0.5) is 0 Å². The number of nitrogens with zero attached hydrogens (tertiary/aromatic N) is 1. The summed E-state index contributed by atoms with van der Waals surface area (Å²) >= 11 is 9.32. The molecule has 2 rings (SSSR count). The van der Waals surface area contributed by atoms with Gasteiger partial charge in [0.15, 0.2) is 0 Å². The molecule has 0 aliphatic heterocycles. The zero-order valence-electron chi connectivity index (χ0n) is 10.6. The van der Waals surface area contributed by atoms with Gasteiger partial charge in [0.1, 0.15) is 0 Å². The Balaban J connectivity index is 2.20. The van der Waals surface area contributed by atoms with E-state index in [0.717, 1.165) is 11.0 Å². The predicted octanol–water partition coefficient (Wildman–Crippen LogP) is 4.36. The molecule has 0 saturated heterocycles. The van der Waals surface area contributed by atoms with E-state index < -0.39 is 0 Å². The molecule has 0 heterocycles. The zero-order chi connectivity index (χ0) is 13.3. The molecule has 0 N–H and O–H groups in total. The van der Waals surface area contributed by atoms with Crippen molar-refractivity contribution in [2.75, 3.05) is 6.54 Å². The minimum atomic E-state index is 0.0837. The minimum absolute atomic E-state index is 0.0837. The zero-order valence-corrected chi connectivity index (χ0v) is 13.0. The average Bonchev–Trinajstić information content (AvgIpc) is 3.08. The molecule has 4 heteroatoms. The Morgan fingerprint density at radius 2 is 2.17 bits per heavy atom. The van der Waals surface area contributed by atoms with Gasteiger partial charge in [-0.3, -0.25) is 4.79 Å². The van der Waals surface area contributed by atoms with E-state index in [0.29, 0.717) is 16.5 Å². The predicted molar refractivity (Wildman–Crippen MR) is 78.0 cm³/mol. The van der Waals surface area contributed by atoms with Crippen LogP contribution in [0.5, 0.6) is 0 Å². The van der Waals surface area contributed by atoms with Crippen LogP contribution in [0.15, 0.2) is 22.7 Å². The first-order valence-electron chi connectivity index (χ1n) is 6.25. The molecule has 0 bridgehead atoms. The van der Waals surface area contributed by atoms with E-state index in [9.17, 15) is 4.79 Å². The Morgan fingerprint density at radius 1 is 1.50 bits per heavy atom. The van der Waals surface area contributed by atoms with Gasteiger partial charge < -0.3 is 4.90 Å². The number of hydrogen-bond acceptors (Lipinski definition) is 1. The maximum absolute atomic E-state index is 12.5. The molecule has 0 aromatic heterocycles. The topological polar surface area (TPSA) is 20.3 Å². The van der Waals surface area contributed by atoms with Crippen LogP contribution >= 0.6 is 27.5 Å². The van der Waals surface area contributed by atoms with Crippen molar-refractivity contribution < 1.29 is 4.79 Å². The van der Waals surface area contributed by atoms with E-state index in [1.54, 1.807) is 18.2 Å². The highest BCUT2D eigenvalue weighted by Gasteiger charge is 2.29. The number of carbonyl (C=O) groups is 1. The van der Waals surface area contributed by atoms with E-state index >= 15 is 0 Å². The van der Waals surface area contributed by atoms with E-state index in [-0.39, 0.29) is 11.9 Å². The van der Waals surface area contributed by atoms with Crippen LogP contribution in [-0.2, 0) is 0 Å². The number of amides is 1. The summed E-state index contributed by atoms with van der Waals surface area (Å²) in [6.07, 6.45) is 2.50. The number of rotatable bonds is 4. The van der Waals surface area contributed by atoms with Gasteiger partial charge in [-0.15, -0.1) is 0 Å². The standard InChI is InChI=1S/C14H17BrClNO/c1-9(2)17(8-10-3-4-10)14(18)12-6-5-11(16)7-13(12)15/h5-7,9-10H,3-4,8H2,1-2H3. The Hall–Kier alpha value is -0.540. The van der Waals surface area contributed by atoms with Gasteiger partial charge in [-0.25, -0.2) is 0 Å². The van der Waals surface area contributed by atoms with Crippen molar-refractivity contribution >= 4 is 33.4 Å². The molecular weight excluding hydrogens is 314 g/mol. The van der Waals surface area contributed by atoms with E-state index in [1.807, 2.05) is 4.90 Å². The van der Waals surface area contributed by atoms with Crippen LogP contribution in [0.25, 0.3) is 0 Å². The monoisotopic (exact) mass is 329 g/mol. The molecule has 0 radical (unpaired) electrons. The summed E-state index contributed by atoms with van der Waals surface area (Å²) in [6.45, 7) is 4.99. The highest BCUT2D eigenvalue weighted by atomic mass is 79.9. The molecule has 1 aromatic carbocycles. The lowest BCUT2D eigenvalue weighted by molar-refractivity contribution is 0.0695. The molecule has 1 aliphatic carbocycles. The van der Waals surface area contributed by atoms with Crippen LogP contribution in [0.3, 0.4) is 0 Å². The molecule has 18 heavy (non-hydrogen) atoms. The van der Waals surface area contributed by atoms with Gasteiger partial charge in [-0.1, -0.05) is 11.6 Å². The molecule has 1 fully saturated rings. The molecule has 1 aliphatic rings. The van der Waals surface area contributed by atoms with Gasteiger partial charge in [-0.2, -0.15) is 0 Å². The molecule has 0 spiro atoms. The van der Waals surface area contributed by atoms with Crippen molar-refractivity contribution in [2.24, 2.45) is 5.92 Å². The van der Waals surface area contributed by atoms with Crippen LogP contribution in [0.1, 0.15) is 37.0 Å². The van der Waals surface area contributed by atoms with Crippen LogP contribution in [0, 0.1) is 5.92 Å². The smallest absolute Gasteiger partial charge is 0.255 e. The lowest BCUT2D eigenvalue weighted by Crippen LogP contribution is -2.38. The molecular formula is C14H17BrClNO. The lowest BCUT2D eigenvalue weighted by atomic mass is 10.1. The summed E-state index contributed by atoms with van der Waals surface area (Å²) in [5.41, 5.74) is 0.689. The largest absolute Gasteiger partial charge is 0.336 e. The van der Waals surface area contributed by atoms with Crippen molar-refractivity contribution in [3.63, 3.8) is 0 Å². The first-order chi connectivity index (χ1) is 8.49. The third-order valence-electron chi connectivity index (χ3n) is 3.20. The third kappa shape index (κ3) is 3.27. The SMILES string of the molecule is CC(C)N(CC1CC1)C(=O)c1ccc(Cl)cc1Br. The molecule has 98 valence electrons. The first-order valence-corrected chi connectivity index (χ1v) is 7.42. The number of carbonyl (C=O) groups excluding carboxylic acids is 1. The second-order valence-electron chi connectivity index (χ2n) is 5.12. The van der Waals surface area contributed by atoms with Crippen LogP contribution in [0.2, 0.25) is 5.02 Å². The molecule has 1 aromatic rings. The van der Waals surface area contributed by atoms with E-state index in [4.69, 9.17) is 11.6 Å². The number of benzene rings is 1. The fourth-order valence-corrected chi connectivity index (χ4v) is 2.78. The van der Waals surface area contributed by atoms with Crippen molar-refractivity contribution in [1.29, 1.82) is 0 Å². The molecule has 0 unspecified atom stereocenters. The Kier molecular flexibility index (Phi) is 4.33. The Morgan fingerprint density at radius 3 is 2.67 bits per heavy atom.